The third kappa shape index (κ3) is 3.80. The SMILES string of the molecule is Cc1cccc(NC(=O)COC2CCNCC2)c1C#N. The van der Waals surface area contributed by atoms with Gasteiger partial charge in [-0.3, -0.25) is 4.79 Å². The Bertz CT molecular complexity index is 516. The number of amides is 1. The zero-order valence-corrected chi connectivity index (χ0v) is 11.6. The van der Waals surface area contributed by atoms with Gasteiger partial charge in [-0.05, 0) is 44.5 Å². The number of ether oxygens (including phenoxy) is 1. The zero-order valence-electron chi connectivity index (χ0n) is 11.6. The smallest absolute Gasteiger partial charge is 0.250 e. The molecule has 2 rings (SSSR count). The van der Waals surface area contributed by atoms with Crippen LogP contribution in [-0.4, -0.2) is 31.7 Å². The van der Waals surface area contributed by atoms with Gasteiger partial charge >= 0.3 is 0 Å². The van der Waals surface area contributed by atoms with Crippen molar-refractivity contribution in [3.63, 3.8) is 0 Å². The molecule has 20 heavy (non-hydrogen) atoms. The van der Waals surface area contributed by atoms with Crippen LogP contribution in [0.25, 0.3) is 0 Å². The maximum Gasteiger partial charge on any atom is 0.250 e. The van der Waals surface area contributed by atoms with Gasteiger partial charge in [0.2, 0.25) is 5.91 Å². The van der Waals surface area contributed by atoms with Gasteiger partial charge in [0.1, 0.15) is 12.7 Å². The Balaban J connectivity index is 1.88. The lowest BCUT2D eigenvalue weighted by Gasteiger charge is -2.22. The number of carbonyl (C=O) groups excluding carboxylic acids is 1. The summed E-state index contributed by atoms with van der Waals surface area (Å²) >= 11 is 0. The van der Waals surface area contributed by atoms with Crippen LogP contribution < -0.4 is 10.6 Å². The molecule has 1 aromatic rings. The molecule has 1 fully saturated rings. The molecule has 0 atom stereocenters. The van der Waals surface area contributed by atoms with Gasteiger partial charge in [-0.15, -0.1) is 0 Å². The van der Waals surface area contributed by atoms with Crippen molar-refractivity contribution >= 4 is 11.6 Å². The van der Waals surface area contributed by atoms with Crippen LogP contribution in [0.1, 0.15) is 24.0 Å². The lowest BCUT2D eigenvalue weighted by Crippen LogP contribution is -2.34. The fourth-order valence-corrected chi connectivity index (χ4v) is 2.26. The largest absolute Gasteiger partial charge is 0.368 e. The van der Waals surface area contributed by atoms with E-state index in [1.165, 1.54) is 0 Å². The molecule has 1 heterocycles. The molecule has 0 aromatic heterocycles. The van der Waals surface area contributed by atoms with Crippen molar-refractivity contribution in [3.8, 4) is 6.07 Å². The number of hydrogen-bond donors (Lipinski definition) is 2. The normalized spacial score (nSPS) is 15.6. The lowest BCUT2D eigenvalue weighted by atomic mass is 10.1. The van der Waals surface area contributed by atoms with Crippen molar-refractivity contribution in [2.24, 2.45) is 0 Å². The second-order valence-corrected chi connectivity index (χ2v) is 4.92. The summed E-state index contributed by atoms with van der Waals surface area (Å²) in [4.78, 5) is 11.9. The minimum absolute atomic E-state index is 0.0312. The number of benzene rings is 1. The van der Waals surface area contributed by atoms with E-state index in [0.717, 1.165) is 31.5 Å². The first-order chi connectivity index (χ1) is 9.70. The molecule has 0 saturated carbocycles. The Morgan fingerprint density at radius 1 is 1.50 bits per heavy atom. The Labute approximate surface area is 118 Å². The van der Waals surface area contributed by atoms with Crippen LogP contribution in [0.15, 0.2) is 18.2 Å². The summed E-state index contributed by atoms with van der Waals surface area (Å²) in [5.74, 6) is -0.217. The Morgan fingerprint density at radius 2 is 2.25 bits per heavy atom. The summed E-state index contributed by atoms with van der Waals surface area (Å²) in [6, 6.07) is 7.51. The number of hydrogen-bond acceptors (Lipinski definition) is 4. The fraction of sp³-hybridized carbons (Fsp3) is 0.467. The van der Waals surface area contributed by atoms with Crippen LogP contribution in [0.2, 0.25) is 0 Å². The molecule has 1 aromatic carbocycles. The summed E-state index contributed by atoms with van der Waals surface area (Å²) in [6.07, 6.45) is 2.01. The highest BCUT2D eigenvalue weighted by molar-refractivity contribution is 5.93. The van der Waals surface area contributed by atoms with Gasteiger partial charge in [0, 0.05) is 0 Å². The van der Waals surface area contributed by atoms with Gasteiger partial charge < -0.3 is 15.4 Å². The molecule has 1 aliphatic heterocycles. The average Bonchev–Trinajstić information content (AvgIpc) is 2.46. The number of carbonyl (C=O) groups is 1. The fourth-order valence-electron chi connectivity index (χ4n) is 2.26. The minimum atomic E-state index is -0.217. The molecule has 0 unspecified atom stereocenters. The molecule has 2 N–H and O–H groups in total. The van der Waals surface area contributed by atoms with Gasteiger partial charge in [-0.2, -0.15) is 5.26 Å². The van der Waals surface area contributed by atoms with Crippen molar-refractivity contribution < 1.29 is 9.53 Å². The predicted molar refractivity (Wildman–Crippen MR) is 76.4 cm³/mol. The zero-order chi connectivity index (χ0) is 14.4. The van der Waals surface area contributed by atoms with Crippen molar-refractivity contribution in [3.05, 3.63) is 29.3 Å². The molecular weight excluding hydrogens is 254 g/mol. The van der Waals surface area contributed by atoms with E-state index < -0.39 is 0 Å². The lowest BCUT2D eigenvalue weighted by molar-refractivity contribution is -0.123. The van der Waals surface area contributed by atoms with Crippen molar-refractivity contribution in [1.82, 2.24) is 5.32 Å². The molecule has 1 aliphatic rings. The van der Waals surface area contributed by atoms with Gasteiger partial charge in [-0.1, -0.05) is 12.1 Å². The van der Waals surface area contributed by atoms with E-state index in [1.807, 2.05) is 19.1 Å². The van der Waals surface area contributed by atoms with E-state index in [4.69, 9.17) is 10.00 Å². The monoisotopic (exact) mass is 273 g/mol. The highest BCUT2D eigenvalue weighted by Crippen LogP contribution is 2.18. The molecule has 0 aliphatic carbocycles. The van der Waals surface area contributed by atoms with Gasteiger partial charge in [0.25, 0.3) is 0 Å². The maximum absolute atomic E-state index is 11.9. The van der Waals surface area contributed by atoms with E-state index in [-0.39, 0.29) is 18.6 Å². The molecule has 106 valence electrons. The molecule has 1 amide bonds. The van der Waals surface area contributed by atoms with Crippen LogP contribution in [0, 0.1) is 18.3 Å². The number of nitrogens with one attached hydrogen (secondary N) is 2. The van der Waals surface area contributed by atoms with Gasteiger partial charge in [-0.25, -0.2) is 0 Å². The number of nitriles is 1. The number of nitrogens with zero attached hydrogens (tertiary/aromatic N) is 1. The van der Waals surface area contributed by atoms with Crippen LogP contribution >= 0.6 is 0 Å². The standard InChI is InChI=1S/C15H19N3O2/c1-11-3-2-4-14(13(11)9-16)18-15(19)10-20-12-5-7-17-8-6-12/h2-4,12,17H,5-8,10H2,1H3,(H,18,19). The predicted octanol–water partition coefficient (Wildman–Crippen LogP) is 1.57. The summed E-state index contributed by atoms with van der Waals surface area (Å²) in [5.41, 5.74) is 1.90. The van der Waals surface area contributed by atoms with Crippen molar-refractivity contribution in [2.75, 3.05) is 25.0 Å². The van der Waals surface area contributed by atoms with Crippen molar-refractivity contribution in [2.45, 2.75) is 25.9 Å². The van der Waals surface area contributed by atoms with Gasteiger partial charge in [0.15, 0.2) is 0 Å². The first-order valence-corrected chi connectivity index (χ1v) is 6.82. The van der Waals surface area contributed by atoms with Crippen LogP contribution in [0.4, 0.5) is 5.69 Å². The highest BCUT2D eigenvalue weighted by atomic mass is 16.5. The Kier molecular flexibility index (Phi) is 5.10. The minimum Gasteiger partial charge on any atom is -0.368 e. The molecule has 5 heteroatoms. The maximum atomic E-state index is 11.9. The van der Waals surface area contributed by atoms with Crippen molar-refractivity contribution in [1.29, 1.82) is 5.26 Å². The van der Waals surface area contributed by atoms with Gasteiger partial charge in [0.05, 0.1) is 17.4 Å². The second kappa shape index (κ2) is 7.04. The summed E-state index contributed by atoms with van der Waals surface area (Å²) in [5, 5.41) is 15.1. The van der Waals surface area contributed by atoms with E-state index in [2.05, 4.69) is 16.7 Å². The number of rotatable bonds is 4. The molecule has 0 bridgehead atoms. The summed E-state index contributed by atoms with van der Waals surface area (Å²) in [7, 11) is 0. The van der Waals surface area contributed by atoms with E-state index in [9.17, 15) is 4.79 Å². The number of anilines is 1. The topological polar surface area (TPSA) is 74.2 Å². The van der Waals surface area contributed by atoms with E-state index in [1.54, 1.807) is 6.07 Å². The van der Waals surface area contributed by atoms with Crippen LogP contribution in [0.3, 0.4) is 0 Å². The first kappa shape index (κ1) is 14.5. The van der Waals surface area contributed by atoms with Crippen LogP contribution in [-0.2, 0) is 9.53 Å². The van der Waals surface area contributed by atoms with E-state index in [0.29, 0.717) is 11.3 Å². The third-order valence-electron chi connectivity index (χ3n) is 3.39. The quantitative estimate of drug-likeness (QED) is 0.873. The molecular formula is C15H19N3O2. The summed E-state index contributed by atoms with van der Waals surface area (Å²) < 4.78 is 5.59. The second-order valence-electron chi connectivity index (χ2n) is 4.92. The molecule has 0 spiro atoms. The summed E-state index contributed by atoms with van der Waals surface area (Å²) in [6.45, 7) is 3.74. The molecule has 1 saturated heterocycles. The Hall–Kier alpha value is -1.90. The van der Waals surface area contributed by atoms with Crippen LogP contribution in [0.5, 0.6) is 0 Å². The first-order valence-electron chi connectivity index (χ1n) is 6.82. The Morgan fingerprint density at radius 3 is 2.95 bits per heavy atom. The highest BCUT2D eigenvalue weighted by Gasteiger charge is 2.15. The van der Waals surface area contributed by atoms with E-state index >= 15 is 0 Å². The molecule has 5 nitrogen and oxygen atoms in total. The third-order valence-corrected chi connectivity index (χ3v) is 3.39. The average molecular weight is 273 g/mol. The molecule has 0 radical (unpaired) electrons. The number of aryl methyl sites for hydroxylation is 1. The number of piperidine rings is 1.